The summed E-state index contributed by atoms with van der Waals surface area (Å²) < 4.78 is 7.45. The van der Waals surface area contributed by atoms with Crippen LogP contribution in [0.3, 0.4) is 0 Å². The number of pyridine rings is 1. The molecule has 1 aromatic carbocycles. The van der Waals surface area contributed by atoms with Gasteiger partial charge in [0.1, 0.15) is 13.7 Å². The molecule has 2 aliphatic heterocycles. The summed E-state index contributed by atoms with van der Waals surface area (Å²) in [5.74, 6) is 3.96. The van der Waals surface area contributed by atoms with Crippen LogP contribution >= 0.6 is 0 Å². The predicted octanol–water partition coefficient (Wildman–Crippen LogP) is 5.82. The number of rotatable bonds is 7. The summed E-state index contributed by atoms with van der Waals surface area (Å²) in [5.41, 5.74) is 8.65. The van der Waals surface area contributed by atoms with Gasteiger partial charge in [-0.25, -0.2) is 4.98 Å². The molecule has 2 fully saturated rings. The highest BCUT2D eigenvalue weighted by atomic mass is 28.3. The van der Waals surface area contributed by atoms with E-state index in [9.17, 15) is 4.79 Å². The lowest BCUT2D eigenvalue weighted by molar-refractivity contribution is 0.186. The number of hydrogen-bond donors (Lipinski definition) is 1. The van der Waals surface area contributed by atoms with Crippen molar-refractivity contribution in [2.24, 2.45) is 0 Å². The molecular weight excluding hydrogens is 540 g/mol. The summed E-state index contributed by atoms with van der Waals surface area (Å²) in [5, 5.41) is 4.18. The Morgan fingerprint density at radius 3 is 2.26 bits per heavy atom. The minimum absolute atomic E-state index is 0.0527. The molecule has 3 aromatic rings. The van der Waals surface area contributed by atoms with Gasteiger partial charge in [0.15, 0.2) is 0 Å². The SMILES string of the molecule is CC(C)[Si](C#Cc1cc(=O)n(C2CCOC2)c2nc(Nc3ccc(N4CCN(C)CC4)cc3)ncc12)(C(C)C)C(C)C. The van der Waals surface area contributed by atoms with Crippen LogP contribution in [0, 0.1) is 11.5 Å². The highest BCUT2D eigenvalue weighted by Crippen LogP contribution is 2.41. The Kier molecular flexibility index (Phi) is 9.07. The van der Waals surface area contributed by atoms with E-state index >= 15 is 0 Å². The number of likely N-dealkylation sites (N-methyl/N-ethyl adjacent to an activating group) is 1. The molecular formula is C33H46N6O2Si. The van der Waals surface area contributed by atoms with E-state index in [1.165, 1.54) is 5.69 Å². The van der Waals surface area contributed by atoms with Crippen LogP contribution in [0.5, 0.6) is 0 Å². The average Bonchev–Trinajstić information content (AvgIpc) is 3.48. The van der Waals surface area contributed by atoms with E-state index in [4.69, 9.17) is 9.72 Å². The molecule has 2 aliphatic rings. The monoisotopic (exact) mass is 586 g/mol. The van der Waals surface area contributed by atoms with Gasteiger partial charge in [0.05, 0.1) is 18.0 Å². The highest BCUT2D eigenvalue weighted by Gasteiger charge is 2.41. The Morgan fingerprint density at radius 1 is 1.00 bits per heavy atom. The van der Waals surface area contributed by atoms with Crippen molar-refractivity contribution in [3.05, 3.63) is 52.4 Å². The lowest BCUT2D eigenvalue weighted by atomic mass is 10.1. The van der Waals surface area contributed by atoms with Gasteiger partial charge in [-0.05, 0) is 54.4 Å². The van der Waals surface area contributed by atoms with Crippen molar-refractivity contribution >= 4 is 36.4 Å². The van der Waals surface area contributed by atoms with Crippen LogP contribution in [0.2, 0.25) is 16.6 Å². The molecule has 5 rings (SSSR count). The van der Waals surface area contributed by atoms with Gasteiger partial charge >= 0.3 is 0 Å². The van der Waals surface area contributed by atoms with Gasteiger partial charge in [-0.15, -0.1) is 5.54 Å². The first-order valence-electron chi connectivity index (χ1n) is 15.4. The van der Waals surface area contributed by atoms with E-state index in [1.807, 2.05) is 6.20 Å². The second-order valence-electron chi connectivity index (χ2n) is 12.8. The molecule has 0 amide bonds. The van der Waals surface area contributed by atoms with Crippen molar-refractivity contribution in [3.8, 4) is 11.5 Å². The maximum Gasteiger partial charge on any atom is 0.253 e. The second-order valence-corrected chi connectivity index (χ2v) is 18.4. The maximum atomic E-state index is 13.6. The summed E-state index contributed by atoms with van der Waals surface area (Å²) in [6.45, 7) is 19.1. The van der Waals surface area contributed by atoms with E-state index in [0.29, 0.717) is 47.0 Å². The van der Waals surface area contributed by atoms with Crippen LogP contribution in [0.4, 0.5) is 17.3 Å². The molecule has 9 heteroatoms. The fourth-order valence-electron chi connectivity index (χ4n) is 6.92. The molecule has 0 aliphatic carbocycles. The molecule has 0 radical (unpaired) electrons. The van der Waals surface area contributed by atoms with Crippen LogP contribution in [-0.4, -0.2) is 73.9 Å². The summed E-state index contributed by atoms with van der Waals surface area (Å²) in [7, 11) is 0.181. The lowest BCUT2D eigenvalue weighted by Crippen LogP contribution is -2.44. The molecule has 1 N–H and O–H groups in total. The van der Waals surface area contributed by atoms with E-state index in [0.717, 1.165) is 43.7 Å². The summed E-state index contributed by atoms with van der Waals surface area (Å²) in [4.78, 5) is 28.0. The molecule has 8 nitrogen and oxygen atoms in total. The van der Waals surface area contributed by atoms with Crippen molar-refractivity contribution < 1.29 is 4.74 Å². The van der Waals surface area contributed by atoms with Crippen molar-refractivity contribution in [1.82, 2.24) is 19.4 Å². The van der Waals surface area contributed by atoms with Crippen LogP contribution in [0.15, 0.2) is 41.3 Å². The molecule has 4 heterocycles. The zero-order valence-corrected chi connectivity index (χ0v) is 27.3. The van der Waals surface area contributed by atoms with Gasteiger partial charge in [-0.3, -0.25) is 9.36 Å². The second kappa shape index (κ2) is 12.6. The highest BCUT2D eigenvalue weighted by molar-refractivity contribution is 6.90. The Bertz CT molecular complexity index is 1490. The molecule has 2 saturated heterocycles. The molecule has 1 atom stereocenters. The number of hydrogen-bond acceptors (Lipinski definition) is 7. The van der Waals surface area contributed by atoms with Gasteiger partial charge in [0, 0.05) is 62.0 Å². The van der Waals surface area contributed by atoms with E-state index in [2.05, 4.69) is 104 Å². The normalized spacial score (nSPS) is 18.2. The van der Waals surface area contributed by atoms with Crippen LogP contribution < -0.4 is 15.8 Å². The molecule has 42 heavy (non-hydrogen) atoms. The Hall–Kier alpha value is -3.19. The minimum atomic E-state index is -1.99. The third kappa shape index (κ3) is 5.98. The minimum Gasteiger partial charge on any atom is -0.379 e. The Labute approximate surface area is 251 Å². The number of benzene rings is 1. The number of nitrogens with zero attached hydrogens (tertiary/aromatic N) is 5. The summed E-state index contributed by atoms with van der Waals surface area (Å²) in [6, 6.07) is 10.0. The zero-order chi connectivity index (χ0) is 30.0. The molecule has 0 spiro atoms. The van der Waals surface area contributed by atoms with Crippen molar-refractivity contribution in [1.29, 1.82) is 0 Å². The molecule has 2 aromatic heterocycles. The Morgan fingerprint density at radius 2 is 1.67 bits per heavy atom. The fraction of sp³-hybridized carbons (Fsp3) is 0.545. The third-order valence-corrected chi connectivity index (χ3v) is 15.6. The number of nitrogens with one attached hydrogen (secondary N) is 1. The number of anilines is 3. The smallest absolute Gasteiger partial charge is 0.253 e. The van der Waals surface area contributed by atoms with E-state index in [-0.39, 0.29) is 11.6 Å². The van der Waals surface area contributed by atoms with Gasteiger partial charge in [0.25, 0.3) is 5.56 Å². The number of fused-ring (bicyclic) bond motifs is 1. The van der Waals surface area contributed by atoms with Gasteiger partial charge in [-0.1, -0.05) is 47.5 Å². The average molecular weight is 587 g/mol. The number of piperazine rings is 1. The van der Waals surface area contributed by atoms with Crippen molar-refractivity contribution in [3.63, 3.8) is 0 Å². The first-order valence-corrected chi connectivity index (χ1v) is 17.7. The standard InChI is InChI=1S/C33H46N6O2Si/c1-23(2)42(24(3)4,25(5)6)19-13-26-20-31(40)39(29-12-18-41-22-29)32-30(26)21-34-33(36-32)35-27-8-10-28(11-9-27)38-16-14-37(7)15-17-38/h8-11,20-21,23-25,29H,12,14-18,22H2,1-7H3,(H,34,35,36). The van der Waals surface area contributed by atoms with Gasteiger partial charge < -0.3 is 19.9 Å². The topological polar surface area (TPSA) is 75.5 Å². The van der Waals surface area contributed by atoms with E-state index < -0.39 is 8.07 Å². The maximum absolute atomic E-state index is 13.6. The van der Waals surface area contributed by atoms with Gasteiger partial charge in [0.2, 0.25) is 5.95 Å². The third-order valence-electron chi connectivity index (χ3n) is 9.33. The van der Waals surface area contributed by atoms with Crippen molar-refractivity contribution in [2.45, 2.75) is 70.6 Å². The quantitative estimate of drug-likeness (QED) is 0.276. The largest absolute Gasteiger partial charge is 0.379 e. The lowest BCUT2D eigenvalue weighted by Gasteiger charge is -2.38. The van der Waals surface area contributed by atoms with Gasteiger partial charge in [-0.2, -0.15) is 4.98 Å². The molecule has 0 saturated carbocycles. The van der Waals surface area contributed by atoms with E-state index in [1.54, 1.807) is 10.6 Å². The fourth-order valence-corrected chi connectivity index (χ4v) is 12.1. The Balaban J connectivity index is 1.52. The van der Waals surface area contributed by atoms with Crippen LogP contribution in [0.1, 0.15) is 59.6 Å². The molecule has 224 valence electrons. The number of ether oxygens (including phenoxy) is 1. The summed E-state index contributed by atoms with van der Waals surface area (Å²) >= 11 is 0. The van der Waals surface area contributed by atoms with Crippen LogP contribution in [-0.2, 0) is 4.74 Å². The first-order chi connectivity index (χ1) is 20.1. The zero-order valence-electron chi connectivity index (χ0n) is 26.3. The van der Waals surface area contributed by atoms with Crippen LogP contribution in [0.25, 0.3) is 11.0 Å². The predicted molar refractivity (Wildman–Crippen MR) is 176 cm³/mol. The molecule has 0 bridgehead atoms. The van der Waals surface area contributed by atoms with Crippen molar-refractivity contribution in [2.75, 3.05) is 56.7 Å². The summed E-state index contributed by atoms with van der Waals surface area (Å²) in [6.07, 6.45) is 2.60. The molecule has 1 unspecified atom stereocenters. The number of aromatic nitrogens is 3. The first kappa shape index (κ1) is 30.3.